The molecule has 0 N–H and O–H groups in total. The predicted molar refractivity (Wildman–Crippen MR) is 123 cm³/mol. The summed E-state index contributed by atoms with van der Waals surface area (Å²) in [6, 6.07) is 13.6. The van der Waals surface area contributed by atoms with Crippen LogP contribution in [0.5, 0.6) is 5.75 Å². The molecule has 0 saturated heterocycles. The normalized spacial score (nSPS) is 18.5. The van der Waals surface area contributed by atoms with E-state index in [-0.39, 0.29) is 5.82 Å². The second-order valence-electron chi connectivity index (χ2n) is 8.58. The van der Waals surface area contributed by atoms with E-state index in [2.05, 4.69) is 43.0 Å². The van der Waals surface area contributed by atoms with Crippen LogP contribution in [-0.4, -0.2) is 6.61 Å². The molecule has 1 saturated carbocycles. The van der Waals surface area contributed by atoms with Gasteiger partial charge in [-0.15, -0.1) is 0 Å². The number of benzene rings is 2. The minimum Gasteiger partial charge on any atom is -0.491 e. The van der Waals surface area contributed by atoms with Gasteiger partial charge in [0, 0.05) is 11.1 Å². The lowest BCUT2D eigenvalue weighted by molar-refractivity contribution is 0.301. The van der Waals surface area contributed by atoms with Crippen LogP contribution in [-0.2, 0) is 0 Å². The minimum absolute atomic E-state index is 0.298. The quantitative estimate of drug-likeness (QED) is 0.320. The van der Waals surface area contributed by atoms with Gasteiger partial charge in [-0.1, -0.05) is 63.5 Å². The van der Waals surface area contributed by atoms with Gasteiger partial charge in [-0.2, -0.15) is 0 Å². The Morgan fingerprint density at radius 1 is 0.867 bits per heavy atom. The molecule has 2 heteroatoms. The summed E-state index contributed by atoms with van der Waals surface area (Å²) in [6.07, 6.45) is 11.8. The number of unbranched alkanes of at least 4 members (excludes halogenated alkanes) is 2. The van der Waals surface area contributed by atoms with Crippen molar-refractivity contribution in [2.75, 3.05) is 6.61 Å². The number of hydrogen-bond donors (Lipinski definition) is 0. The van der Waals surface area contributed by atoms with E-state index in [1.807, 2.05) is 13.0 Å². The van der Waals surface area contributed by atoms with Crippen molar-refractivity contribution in [1.29, 1.82) is 0 Å². The molecule has 3 rings (SSSR count). The fraction of sp³-hybridized carbons (Fsp3) is 0.500. The summed E-state index contributed by atoms with van der Waals surface area (Å²) >= 11 is 0. The molecular weight excluding hydrogens is 371 g/mol. The molecule has 2 aromatic rings. The van der Waals surface area contributed by atoms with Gasteiger partial charge < -0.3 is 4.74 Å². The van der Waals surface area contributed by atoms with Crippen molar-refractivity contribution in [2.45, 2.75) is 77.6 Å². The summed E-state index contributed by atoms with van der Waals surface area (Å²) in [4.78, 5) is 0. The maximum Gasteiger partial charge on any atom is 0.166 e. The Hall–Kier alpha value is -2.27. The molecule has 1 nitrogen and oxygen atoms in total. The first-order chi connectivity index (χ1) is 14.7. The fourth-order valence-corrected chi connectivity index (χ4v) is 4.36. The lowest BCUT2D eigenvalue weighted by Gasteiger charge is -2.29. The van der Waals surface area contributed by atoms with Gasteiger partial charge in [0.25, 0.3) is 0 Å². The second kappa shape index (κ2) is 11.8. The zero-order chi connectivity index (χ0) is 21.2. The van der Waals surface area contributed by atoms with Crippen LogP contribution in [0.1, 0.15) is 94.2 Å². The van der Waals surface area contributed by atoms with Gasteiger partial charge in [-0.05, 0) is 79.8 Å². The standard InChI is InChI=1S/C28H35FO/c1-3-5-6-7-22-10-15-25(16-11-22)26-17-12-23(13-18-26)8-9-24-14-19-28(27(29)21-24)30-20-4-2/h12-14,17-19,21-22,25H,3-7,10-11,15-16,20H2,1-2H3/t22-,25-. The summed E-state index contributed by atoms with van der Waals surface area (Å²) in [6.45, 7) is 4.81. The summed E-state index contributed by atoms with van der Waals surface area (Å²) in [5.74, 6) is 7.81. The molecule has 30 heavy (non-hydrogen) atoms. The Labute approximate surface area is 182 Å². The molecule has 1 fully saturated rings. The fourth-order valence-electron chi connectivity index (χ4n) is 4.36. The van der Waals surface area contributed by atoms with Crippen molar-refractivity contribution >= 4 is 0 Å². The third kappa shape index (κ3) is 6.63. The number of rotatable bonds is 8. The Morgan fingerprint density at radius 3 is 2.23 bits per heavy atom. The molecule has 0 bridgehead atoms. The maximum atomic E-state index is 14.1. The summed E-state index contributed by atoms with van der Waals surface area (Å²) in [5.41, 5.74) is 3.08. The average molecular weight is 407 g/mol. The first-order valence-corrected chi connectivity index (χ1v) is 11.7. The van der Waals surface area contributed by atoms with E-state index in [4.69, 9.17) is 4.74 Å². The van der Waals surface area contributed by atoms with Gasteiger partial charge in [-0.3, -0.25) is 0 Å². The third-order valence-corrected chi connectivity index (χ3v) is 6.19. The van der Waals surface area contributed by atoms with Crippen LogP contribution >= 0.6 is 0 Å². The lowest BCUT2D eigenvalue weighted by atomic mass is 9.77. The molecule has 0 unspecified atom stereocenters. The molecule has 0 amide bonds. The molecule has 0 aliphatic heterocycles. The van der Waals surface area contributed by atoms with Crippen LogP contribution in [0.25, 0.3) is 0 Å². The summed E-state index contributed by atoms with van der Waals surface area (Å²) < 4.78 is 19.5. The van der Waals surface area contributed by atoms with Crippen molar-refractivity contribution in [2.24, 2.45) is 5.92 Å². The number of halogens is 1. The van der Waals surface area contributed by atoms with Gasteiger partial charge in [0.1, 0.15) is 0 Å². The van der Waals surface area contributed by atoms with Crippen molar-refractivity contribution in [1.82, 2.24) is 0 Å². The second-order valence-corrected chi connectivity index (χ2v) is 8.58. The molecule has 160 valence electrons. The first-order valence-electron chi connectivity index (χ1n) is 11.7. The minimum atomic E-state index is -0.351. The lowest BCUT2D eigenvalue weighted by Crippen LogP contribution is -2.13. The SMILES string of the molecule is CCCCC[C@H]1CC[C@H](c2ccc(C#Cc3ccc(OCCC)c(F)c3)cc2)CC1. The van der Waals surface area contributed by atoms with Gasteiger partial charge in [0.15, 0.2) is 11.6 Å². The van der Waals surface area contributed by atoms with E-state index >= 15 is 0 Å². The van der Waals surface area contributed by atoms with E-state index in [9.17, 15) is 4.39 Å². The van der Waals surface area contributed by atoms with Gasteiger partial charge in [-0.25, -0.2) is 4.39 Å². The Morgan fingerprint density at radius 2 is 1.57 bits per heavy atom. The molecule has 1 aliphatic rings. The number of hydrogen-bond acceptors (Lipinski definition) is 1. The van der Waals surface area contributed by atoms with Crippen LogP contribution in [0, 0.1) is 23.6 Å². The smallest absolute Gasteiger partial charge is 0.166 e. The topological polar surface area (TPSA) is 9.23 Å². The van der Waals surface area contributed by atoms with Crippen molar-refractivity contribution in [3.8, 4) is 17.6 Å². The zero-order valence-corrected chi connectivity index (χ0v) is 18.6. The number of ether oxygens (including phenoxy) is 1. The molecule has 0 atom stereocenters. The molecule has 0 radical (unpaired) electrons. The molecule has 0 spiro atoms. The van der Waals surface area contributed by atoms with Crippen LogP contribution in [0.3, 0.4) is 0 Å². The Balaban J connectivity index is 1.54. The van der Waals surface area contributed by atoms with E-state index in [0.29, 0.717) is 23.8 Å². The first kappa shape index (κ1) is 22.4. The van der Waals surface area contributed by atoms with Gasteiger partial charge >= 0.3 is 0 Å². The zero-order valence-electron chi connectivity index (χ0n) is 18.6. The highest BCUT2D eigenvalue weighted by Gasteiger charge is 2.21. The molecular formula is C28H35FO. The molecule has 0 aromatic heterocycles. The molecule has 1 aliphatic carbocycles. The molecule has 0 heterocycles. The monoisotopic (exact) mass is 406 g/mol. The highest BCUT2D eigenvalue weighted by Crippen LogP contribution is 2.37. The van der Waals surface area contributed by atoms with E-state index in [1.54, 1.807) is 6.07 Å². The summed E-state index contributed by atoms with van der Waals surface area (Å²) in [5, 5.41) is 0. The average Bonchev–Trinajstić information content (AvgIpc) is 2.78. The van der Waals surface area contributed by atoms with E-state index < -0.39 is 0 Å². The van der Waals surface area contributed by atoms with Crippen molar-refractivity contribution in [3.05, 3.63) is 65.0 Å². The van der Waals surface area contributed by atoms with E-state index in [1.165, 1.54) is 63.0 Å². The van der Waals surface area contributed by atoms with Crippen LogP contribution in [0.15, 0.2) is 42.5 Å². The third-order valence-electron chi connectivity index (χ3n) is 6.19. The maximum absolute atomic E-state index is 14.1. The Bertz CT molecular complexity index is 835. The van der Waals surface area contributed by atoms with Crippen molar-refractivity contribution in [3.63, 3.8) is 0 Å². The van der Waals surface area contributed by atoms with Crippen molar-refractivity contribution < 1.29 is 9.13 Å². The van der Waals surface area contributed by atoms with Crippen LogP contribution in [0.4, 0.5) is 4.39 Å². The molecule has 2 aromatic carbocycles. The van der Waals surface area contributed by atoms with Crippen LogP contribution in [0.2, 0.25) is 0 Å². The highest BCUT2D eigenvalue weighted by molar-refractivity contribution is 5.45. The largest absolute Gasteiger partial charge is 0.491 e. The summed E-state index contributed by atoms with van der Waals surface area (Å²) in [7, 11) is 0. The van der Waals surface area contributed by atoms with Gasteiger partial charge in [0.2, 0.25) is 0 Å². The predicted octanol–water partition coefficient (Wildman–Crippen LogP) is 7.87. The van der Waals surface area contributed by atoms with Crippen LogP contribution < -0.4 is 4.74 Å². The van der Waals surface area contributed by atoms with Gasteiger partial charge in [0.05, 0.1) is 6.61 Å². The Kier molecular flexibility index (Phi) is 8.81. The highest BCUT2D eigenvalue weighted by atomic mass is 19.1. The van der Waals surface area contributed by atoms with E-state index in [0.717, 1.165) is 17.9 Å².